The summed E-state index contributed by atoms with van der Waals surface area (Å²) < 4.78 is 0. The van der Waals surface area contributed by atoms with Crippen LogP contribution in [0.2, 0.25) is 0 Å². The zero-order valence-corrected chi connectivity index (χ0v) is 10.5. The van der Waals surface area contributed by atoms with Crippen molar-refractivity contribution < 1.29 is 0 Å². The highest BCUT2D eigenvalue weighted by molar-refractivity contribution is 5.00. The quantitative estimate of drug-likeness (QED) is 0.700. The molecule has 0 heterocycles. The molecule has 0 spiro atoms. The molecule has 1 saturated carbocycles. The third kappa shape index (κ3) is 3.62. The molecule has 0 aromatic heterocycles. The maximum atomic E-state index is 5.92. The van der Waals surface area contributed by atoms with Crippen molar-refractivity contribution in [2.24, 2.45) is 11.1 Å². The van der Waals surface area contributed by atoms with E-state index in [0.717, 1.165) is 13.1 Å². The highest BCUT2D eigenvalue weighted by Crippen LogP contribution is 2.39. The van der Waals surface area contributed by atoms with Crippen molar-refractivity contribution in [1.82, 2.24) is 5.32 Å². The third-order valence-electron chi connectivity index (χ3n) is 3.72. The number of hydrogen-bond donors (Lipinski definition) is 2. The smallest absolute Gasteiger partial charge is 0.0307 e. The summed E-state index contributed by atoms with van der Waals surface area (Å²) in [5.41, 5.74) is 7.79. The molecule has 88 valence electrons. The highest BCUT2D eigenvalue weighted by atomic mass is 15.0. The van der Waals surface area contributed by atoms with E-state index >= 15 is 0 Å². The lowest BCUT2D eigenvalue weighted by molar-refractivity contribution is 0.142. The number of rotatable bonds is 4. The predicted molar refractivity (Wildman–Crippen MR) is 66.9 cm³/mol. The zero-order chi connectivity index (χ0) is 11.5. The van der Waals surface area contributed by atoms with E-state index in [4.69, 9.17) is 5.73 Å². The molecule has 0 aliphatic heterocycles. The Morgan fingerprint density at radius 1 is 1.27 bits per heavy atom. The molecule has 1 aliphatic carbocycles. The van der Waals surface area contributed by atoms with Gasteiger partial charge in [0, 0.05) is 18.6 Å². The van der Waals surface area contributed by atoms with Crippen molar-refractivity contribution in [3.63, 3.8) is 0 Å². The van der Waals surface area contributed by atoms with Crippen molar-refractivity contribution in [3.8, 4) is 0 Å². The van der Waals surface area contributed by atoms with Crippen molar-refractivity contribution in [2.75, 3.05) is 13.1 Å². The van der Waals surface area contributed by atoms with Crippen molar-refractivity contribution >= 4 is 0 Å². The molecule has 0 saturated heterocycles. The van der Waals surface area contributed by atoms with E-state index in [1.54, 1.807) is 0 Å². The maximum Gasteiger partial charge on any atom is 0.0307 e. The second kappa shape index (κ2) is 4.67. The molecule has 2 nitrogen and oxygen atoms in total. The van der Waals surface area contributed by atoms with Crippen LogP contribution in [0, 0.1) is 5.41 Å². The van der Waals surface area contributed by atoms with Gasteiger partial charge in [0.2, 0.25) is 0 Å². The SMILES string of the molecule is C=C(C)CNC1(CN)CCC(C)(C)CC1. The number of nitrogens with two attached hydrogens (primary N) is 1. The first-order valence-corrected chi connectivity index (χ1v) is 5.99. The summed E-state index contributed by atoms with van der Waals surface area (Å²) in [5.74, 6) is 0. The van der Waals surface area contributed by atoms with Gasteiger partial charge in [-0.1, -0.05) is 26.0 Å². The average Bonchev–Trinajstić information content (AvgIpc) is 2.17. The minimum atomic E-state index is 0.175. The number of hydrogen-bond acceptors (Lipinski definition) is 2. The van der Waals surface area contributed by atoms with Gasteiger partial charge in [0.1, 0.15) is 0 Å². The van der Waals surface area contributed by atoms with Crippen LogP contribution >= 0.6 is 0 Å². The Labute approximate surface area is 94.3 Å². The molecule has 1 fully saturated rings. The van der Waals surface area contributed by atoms with Gasteiger partial charge in [0.15, 0.2) is 0 Å². The standard InChI is InChI=1S/C13H26N2/c1-11(2)9-15-13(10-14)7-5-12(3,4)6-8-13/h15H,1,5-10,14H2,2-4H3. The Hall–Kier alpha value is -0.340. The lowest BCUT2D eigenvalue weighted by atomic mass is 9.69. The minimum Gasteiger partial charge on any atom is -0.329 e. The van der Waals surface area contributed by atoms with Gasteiger partial charge in [-0.25, -0.2) is 0 Å². The molecule has 0 bridgehead atoms. The summed E-state index contributed by atoms with van der Waals surface area (Å²) in [7, 11) is 0. The van der Waals surface area contributed by atoms with E-state index in [1.807, 2.05) is 0 Å². The van der Waals surface area contributed by atoms with Crippen molar-refractivity contribution in [3.05, 3.63) is 12.2 Å². The van der Waals surface area contributed by atoms with Crippen molar-refractivity contribution in [1.29, 1.82) is 0 Å². The first-order valence-electron chi connectivity index (χ1n) is 5.99. The van der Waals surface area contributed by atoms with Gasteiger partial charge >= 0.3 is 0 Å². The highest BCUT2D eigenvalue weighted by Gasteiger charge is 2.36. The van der Waals surface area contributed by atoms with Gasteiger partial charge in [-0.3, -0.25) is 0 Å². The van der Waals surface area contributed by atoms with Crippen LogP contribution in [0.3, 0.4) is 0 Å². The second-order valence-corrected chi connectivity index (χ2v) is 5.96. The Balaban J connectivity index is 2.52. The Kier molecular flexibility index (Phi) is 3.96. The topological polar surface area (TPSA) is 38.0 Å². The molecule has 2 heteroatoms. The fourth-order valence-corrected chi connectivity index (χ4v) is 2.20. The van der Waals surface area contributed by atoms with Crippen LogP contribution in [-0.4, -0.2) is 18.6 Å². The largest absolute Gasteiger partial charge is 0.329 e. The minimum absolute atomic E-state index is 0.175. The van der Waals surface area contributed by atoms with Gasteiger partial charge in [0.25, 0.3) is 0 Å². The van der Waals surface area contributed by atoms with Crippen LogP contribution in [0.5, 0.6) is 0 Å². The molecule has 3 N–H and O–H groups in total. The first kappa shape index (κ1) is 12.7. The summed E-state index contributed by atoms with van der Waals surface area (Å²) in [4.78, 5) is 0. The maximum absolute atomic E-state index is 5.92. The number of nitrogens with one attached hydrogen (secondary N) is 1. The van der Waals surface area contributed by atoms with E-state index < -0.39 is 0 Å². The molecular formula is C13H26N2. The second-order valence-electron chi connectivity index (χ2n) is 5.96. The lowest BCUT2D eigenvalue weighted by Crippen LogP contribution is -2.54. The van der Waals surface area contributed by atoms with Crippen LogP contribution in [0.25, 0.3) is 0 Å². The molecule has 15 heavy (non-hydrogen) atoms. The summed E-state index contributed by atoms with van der Waals surface area (Å²) in [6.07, 6.45) is 4.94. The Bertz CT molecular complexity index is 221. The van der Waals surface area contributed by atoms with Crippen LogP contribution in [0.15, 0.2) is 12.2 Å². The van der Waals surface area contributed by atoms with E-state index in [2.05, 4.69) is 32.7 Å². The van der Waals surface area contributed by atoms with Crippen LogP contribution in [0.4, 0.5) is 0 Å². The van der Waals surface area contributed by atoms with E-state index in [-0.39, 0.29) is 5.54 Å². The van der Waals surface area contributed by atoms with E-state index in [1.165, 1.54) is 31.3 Å². The monoisotopic (exact) mass is 210 g/mol. The molecule has 0 aromatic carbocycles. The summed E-state index contributed by atoms with van der Waals surface area (Å²) in [6, 6.07) is 0. The molecule has 1 aliphatic rings. The molecule has 0 radical (unpaired) electrons. The van der Waals surface area contributed by atoms with Crippen LogP contribution in [0.1, 0.15) is 46.5 Å². The Morgan fingerprint density at radius 3 is 2.20 bits per heavy atom. The molecule has 0 unspecified atom stereocenters. The lowest BCUT2D eigenvalue weighted by Gasteiger charge is -2.43. The predicted octanol–water partition coefficient (Wildman–Crippen LogP) is 2.45. The third-order valence-corrected chi connectivity index (χ3v) is 3.72. The Morgan fingerprint density at radius 2 is 1.80 bits per heavy atom. The van der Waals surface area contributed by atoms with Crippen LogP contribution < -0.4 is 11.1 Å². The van der Waals surface area contributed by atoms with Gasteiger partial charge in [0.05, 0.1) is 0 Å². The van der Waals surface area contributed by atoms with Crippen molar-refractivity contribution in [2.45, 2.75) is 52.0 Å². The fourth-order valence-electron chi connectivity index (χ4n) is 2.20. The normalized spacial score (nSPS) is 23.7. The first-order chi connectivity index (χ1) is 6.89. The fraction of sp³-hybridized carbons (Fsp3) is 0.846. The molecule has 1 rings (SSSR count). The summed E-state index contributed by atoms with van der Waals surface area (Å²) in [5, 5.41) is 3.60. The zero-order valence-electron chi connectivity index (χ0n) is 10.5. The average molecular weight is 210 g/mol. The molecule has 0 atom stereocenters. The molecule has 0 aromatic rings. The molecule has 0 amide bonds. The van der Waals surface area contributed by atoms with Crippen LogP contribution in [-0.2, 0) is 0 Å². The molecular weight excluding hydrogens is 184 g/mol. The summed E-state index contributed by atoms with van der Waals surface area (Å²) >= 11 is 0. The van der Waals surface area contributed by atoms with Gasteiger partial charge in [-0.05, 0) is 38.0 Å². The van der Waals surface area contributed by atoms with Gasteiger partial charge in [-0.15, -0.1) is 0 Å². The summed E-state index contributed by atoms with van der Waals surface area (Å²) in [6.45, 7) is 12.3. The van der Waals surface area contributed by atoms with E-state index in [0.29, 0.717) is 5.41 Å². The van der Waals surface area contributed by atoms with E-state index in [9.17, 15) is 0 Å². The van der Waals surface area contributed by atoms with Gasteiger partial charge < -0.3 is 11.1 Å². The van der Waals surface area contributed by atoms with Gasteiger partial charge in [-0.2, -0.15) is 0 Å².